The zero-order valence-corrected chi connectivity index (χ0v) is 10.4. The lowest BCUT2D eigenvalue weighted by Gasteiger charge is -2.37. The third-order valence-corrected chi connectivity index (χ3v) is 4.13. The van der Waals surface area contributed by atoms with E-state index in [9.17, 15) is 5.11 Å². The van der Waals surface area contributed by atoms with Crippen LogP contribution >= 0.6 is 0 Å². The monoisotopic (exact) mass is 235 g/mol. The lowest BCUT2D eigenvalue weighted by molar-refractivity contribution is -0.00610. The van der Waals surface area contributed by atoms with Gasteiger partial charge in [0.25, 0.3) is 0 Å². The quantitative estimate of drug-likeness (QED) is 0.824. The maximum absolute atomic E-state index is 10.7. The van der Waals surface area contributed by atoms with Crippen molar-refractivity contribution in [2.75, 3.05) is 0 Å². The number of hydrogen-bond acceptors (Lipinski definition) is 3. The predicted molar refractivity (Wildman–Crippen MR) is 65.7 cm³/mol. The molecule has 1 aromatic rings. The number of aromatic nitrogens is 2. The van der Waals surface area contributed by atoms with Gasteiger partial charge in [0.05, 0.1) is 11.8 Å². The third-order valence-electron chi connectivity index (χ3n) is 4.13. The lowest BCUT2D eigenvalue weighted by atomic mass is 9.83. The van der Waals surface area contributed by atoms with E-state index < -0.39 is 5.60 Å². The maximum atomic E-state index is 10.7. The third kappa shape index (κ3) is 2.24. The van der Waals surface area contributed by atoms with Crippen LogP contribution in [-0.4, -0.2) is 32.6 Å². The number of hydrogen-bond donors (Lipinski definition) is 2. The Morgan fingerprint density at radius 1 is 1.47 bits per heavy atom. The van der Waals surface area contributed by atoms with Gasteiger partial charge in [0.1, 0.15) is 0 Å². The second-order valence-corrected chi connectivity index (χ2v) is 5.65. The molecular formula is C13H21N3O. The van der Waals surface area contributed by atoms with Crippen molar-refractivity contribution in [3.05, 3.63) is 18.0 Å². The van der Waals surface area contributed by atoms with Crippen molar-refractivity contribution in [3.63, 3.8) is 0 Å². The molecule has 0 saturated carbocycles. The Kier molecular flexibility index (Phi) is 2.71. The molecule has 0 spiro atoms. The van der Waals surface area contributed by atoms with Crippen LogP contribution in [0.1, 0.15) is 38.2 Å². The Hall–Kier alpha value is -0.870. The standard InChI is InChI=1S/C13H21N3O/c1-2-16-9-10(8-14-16)5-13(17)6-11-3-4-12(7-13)15-11/h8-9,11-12,15,17H,2-7H2,1H3. The first-order valence-corrected chi connectivity index (χ1v) is 6.67. The first kappa shape index (κ1) is 11.2. The zero-order chi connectivity index (χ0) is 11.9. The predicted octanol–water partition coefficient (Wildman–Crippen LogP) is 1.09. The molecule has 3 heterocycles. The van der Waals surface area contributed by atoms with Gasteiger partial charge in [0, 0.05) is 31.2 Å². The number of rotatable bonds is 3. The molecule has 0 aromatic carbocycles. The molecule has 2 aliphatic heterocycles. The fraction of sp³-hybridized carbons (Fsp3) is 0.769. The van der Waals surface area contributed by atoms with Gasteiger partial charge in [0.15, 0.2) is 0 Å². The van der Waals surface area contributed by atoms with E-state index in [2.05, 4.69) is 23.5 Å². The minimum Gasteiger partial charge on any atom is -0.389 e. The summed E-state index contributed by atoms with van der Waals surface area (Å²) in [6, 6.07) is 1.06. The minimum absolute atomic E-state index is 0.515. The summed E-state index contributed by atoms with van der Waals surface area (Å²) in [5.41, 5.74) is 0.647. The highest BCUT2D eigenvalue weighted by atomic mass is 16.3. The SMILES string of the molecule is CCn1cc(CC2(O)CC3CCC(C2)N3)cn1. The molecule has 0 aliphatic carbocycles. The van der Waals surface area contributed by atoms with E-state index in [4.69, 9.17) is 0 Å². The van der Waals surface area contributed by atoms with E-state index in [1.807, 2.05) is 10.9 Å². The number of aliphatic hydroxyl groups is 1. The van der Waals surface area contributed by atoms with Crippen molar-refractivity contribution in [3.8, 4) is 0 Å². The topological polar surface area (TPSA) is 50.1 Å². The van der Waals surface area contributed by atoms with Crippen molar-refractivity contribution in [2.45, 2.75) is 63.3 Å². The van der Waals surface area contributed by atoms with Gasteiger partial charge >= 0.3 is 0 Å². The molecular weight excluding hydrogens is 214 g/mol. The van der Waals surface area contributed by atoms with Crippen molar-refractivity contribution in [1.29, 1.82) is 0 Å². The molecule has 2 atom stereocenters. The van der Waals surface area contributed by atoms with E-state index in [0.29, 0.717) is 12.1 Å². The maximum Gasteiger partial charge on any atom is 0.0718 e. The van der Waals surface area contributed by atoms with Gasteiger partial charge in [-0.2, -0.15) is 5.10 Å². The van der Waals surface area contributed by atoms with Crippen molar-refractivity contribution < 1.29 is 5.11 Å². The molecule has 2 saturated heterocycles. The van der Waals surface area contributed by atoms with Gasteiger partial charge in [-0.3, -0.25) is 4.68 Å². The van der Waals surface area contributed by atoms with Crippen LogP contribution < -0.4 is 5.32 Å². The van der Waals surface area contributed by atoms with Crippen molar-refractivity contribution in [1.82, 2.24) is 15.1 Å². The molecule has 1 aromatic heterocycles. The van der Waals surface area contributed by atoms with E-state index in [1.165, 1.54) is 12.8 Å². The van der Waals surface area contributed by atoms with Gasteiger partial charge < -0.3 is 10.4 Å². The van der Waals surface area contributed by atoms with E-state index in [1.54, 1.807) is 0 Å². The van der Waals surface area contributed by atoms with Crippen LogP contribution in [-0.2, 0) is 13.0 Å². The smallest absolute Gasteiger partial charge is 0.0718 e. The van der Waals surface area contributed by atoms with Gasteiger partial charge in [-0.1, -0.05) is 0 Å². The average Bonchev–Trinajstić information content (AvgIpc) is 2.85. The molecule has 17 heavy (non-hydrogen) atoms. The highest BCUT2D eigenvalue weighted by Gasteiger charge is 2.42. The fourth-order valence-corrected chi connectivity index (χ4v) is 3.42. The van der Waals surface area contributed by atoms with E-state index >= 15 is 0 Å². The fourth-order valence-electron chi connectivity index (χ4n) is 3.42. The average molecular weight is 235 g/mol. The summed E-state index contributed by atoms with van der Waals surface area (Å²) in [5, 5.41) is 18.6. The number of nitrogens with zero attached hydrogens (tertiary/aromatic N) is 2. The van der Waals surface area contributed by atoms with Crippen LogP contribution in [0.25, 0.3) is 0 Å². The van der Waals surface area contributed by atoms with Crippen molar-refractivity contribution in [2.24, 2.45) is 0 Å². The largest absolute Gasteiger partial charge is 0.389 e. The molecule has 2 bridgehead atoms. The van der Waals surface area contributed by atoms with Gasteiger partial charge in [-0.15, -0.1) is 0 Å². The summed E-state index contributed by atoms with van der Waals surface area (Å²) in [4.78, 5) is 0. The molecule has 2 fully saturated rings. The molecule has 2 aliphatic rings. The van der Waals surface area contributed by atoms with Crippen LogP contribution in [0.5, 0.6) is 0 Å². The lowest BCUT2D eigenvalue weighted by Crippen LogP contribution is -2.49. The molecule has 0 amide bonds. The minimum atomic E-state index is -0.515. The molecule has 4 heteroatoms. The Morgan fingerprint density at radius 2 is 2.18 bits per heavy atom. The van der Waals surface area contributed by atoms with Crippen molar-refractivity contribution >= 4 is 0 Å². The highest BCUT2D eigenvalue weighted by Crippen LogP contribution is 2.35. The number of nitrogens with one attached hydrogen (secondary N) is 1. The van der Waals surface area contributed by atoms with Crippen LogP contribution in [0.4, 0.5) is 0 Å². The summed E-state index contributed by atoms with van der Waals surface area (Å²) in [6.45, 7) is 2.97. The molecule has 94 valence electrons. The first-order valence-electron chi connectivity index (χ1n) is 6.67. The van der Waals surface area contributed by atoms with Crippen LogP contribution in [0.2, 0.25) is 0 Å². The van der Waals surface area contributed by atoms with Crippen LogP contribution in [0.3, 0.4) is 0 Å². The summed E-state index contributed by atoms with van der Waals surface area (Å²) < 4.78 is 1.92. The summed E-state index contributed by atoms with van der Waals surface area (Å²) >= 11 is 0. The van der Waals surface area contributed by atoms with Crippen LogP contribution in [0.15, 0.2) is 12.4 Å². The molecule has 3 rings (SSSR count). The number of fused-ring (bicyclic) bond motifs is 2. The Labute approximate surface area is 102 Å². The zero-order valence-electron chi connectivity index (χ0n) is 10.4. The molecule has 0 radical (unpaired) electrons. The van der Waals surface area contributed by atoms with Gasteiger partial charge in [-0.25, -0.2) is 0 Å². The second-order valence-electron chi connectivity index (χ2n) is 5.65. The van der Waals surface area contributed by atoms with E-state index in [-0.39, 0.29) is 0 Å². The van der Waals surface area contributed by atoms with Gasteiger partial charge in [0.2, 0.25) is 0 Å². The number of aryl methyl sites for hydroxylation is 1. The van der Waals surface area contributed by atoms with E-state index in [0.717, 1.165) is 31.4 Å². The van der Waals surface area contributed by atoms with Crippen LogP contribution in [0, 0.1) is 0 Å². The molecule has 2 N–H and O–H groups in total. The Morgan fingerprint density at radius 3 is 2.76 bits per heavy atom. The summed E-state index contributed by atoms with van der Waals surface area (Å²) in [6.07, 6.45) is 8.93. The second kappa shape index (κ2) is 4.10. The summed E-state index contributed by atoms with van der Waals surface area (Å²) in [7, 11) is 0. The molecule has 2 unspecified atom stereocenters. The first-order chi connectivity index (χ1) is 8.17. The highest BCUT2D eigenvalue weighted by molar-refractivity contribution is 5.12. The molecule has 4 nitrogen and oxygen atoms in total. The Bertz CT molecular complexity index is 389. The Balaban J connectivity index is 1.71. The summed E-state index contributed by atoms with van der Waals surface area (Å²) in [5.74, 6) is 0. The number of piperidine rings is 1. The van der Waals surface area contributed by atoms with Gasteiger partial charge in [-0.05, 0) is 38.2 Å². The normalized spacial score (nSPS) is 36.4.